The predicted octanol–water partition coefficient (Wildman–Crippen LogP) is 3.12. The van der Waals surface area contributed by atoms with Crippen LogP contribution in [0, 0.1) is 25.7 Å². The summed E-state index contributed by atoms with van der Waals surface area (Å²) in [4.78, 5) is 14.6. The van der Waals surface area contributed by atoms with Gasteiger partial charge in [-0.25, -0.2) is 0 Å². The Morgan fingerprint density at radius 3 is 2.55 bits per heavy atom. The number of aromatic nitrogens is 2. The number of carbonyl (C=O) groups excluding carboxylic acids is 1. The SMILES string of the molecule is C=CCn1nc(C)c(CCC(=O)N2C[C@H](C)C[C@H](C)C2)c1C. The highest BCUT2D eigenvalue weighted by atomic mass is 16.2. The lowest BCUT2D eigenvalue weighted by atomic mass is 9.91. The third kappa shape index (κ3) is 3.79. The van der Waals surface area contributed by atoms with Gasteiger partial charge in [0.2, 0.25) is 5.91 Å². The van der Waals surface area contributed by atoms with E-state index in [2.05, 4.69) is 37.3 Å². The van der Waals surface area contributed by atoms with Gasteiger partial charge < -0.3 is 4.90 Å². The van der Waals surface area contributed by atoms with Gasteiger partial charge in [0.15, 0.2) is 0 Å². The number of carbonyl (C=O) groups is 1. The molecule has 122 valence electrons. The van der Waals surface area contributed by atoms with Crippen molar-refractivity contribution >= 4 is 5.91 Å². The molecule has 1 aliphatic heterocycles. The van der Waals surface area contributed by atoms with Gasteiger partial charge >= 0.3 is 0 Å². The molecule has 2 atom stereocenters. The standard InChI is InChI=1S/C18H29N3O/c1-6-9-21-16(5)17(15(4)19-21)7-8-18(22)20-11-13(2)10-14(3)12-20/h6,13-14H,1,7-12H2,2-5H3/t13-,14+. The topological polar surface area (TPSA) is 38.1 Å². The Morgan fingerprint density at radius 1 is 1.32 bits per heavy atom. The quantitative estimate of drug-likeness (QED) is 0.784. The highest BCUT2D eigenvalue weighted by Gasteiger charge is 2.25. The first-order valence-electron chi connectivity index (χ1n) is 8.33. The number of aryl methyl sites for hydroxylation is 1. The highest BCUT2D eigenvalue weighted by molar-refractivity contribution is 5.76. The van der Waals surface area contributed by atoms with Gasteiger partial charge in [0, 0.05) is 25.2 Å². The average Bonchev–Trinajstić information content (AvgIpc) is 2.70. The third-order valence-electron chi connectivity index (χ3n) is 4.64. The first kappa shape index (κ1) is 16.8. The molecule has 1 amide bonds. The number of piperidine rings is 1. The molecule has 0 spiro atoms. The van der Waals surface area contributed by atoms with Crippen LogP contribution in [0.25, 0.3) is 0 Å². The van der Waals surface area contributed by atoms with Crippen molar-refractivity contribution in [1.82, 2.24) is 14.7 Å². The van der Waals surface area contributed by atoms with Crippen LogP contribution >= 0.6 is 0 Å². The monoisotopic (exact) mass is 303 g/mol. The zero-order chi connectivity index (χ0) is 16.3. The van der Waals surface area contributed by atoms with E-state index in [-0.39, 0.29) is 5.91 Å². The van der Waals surface area contributed by atoms with Crippen molar-refractivity contribution in [1.29, 1.82) is 0 Å². The van der Waals surface area contributed by atoms with E-state index in [1.54, 1.807) is 0 Å². The zero-order valence-corrected chi connectivity index (χ0v) is 14.4. The van der Waals surface area contributed by atoms with Crippen molar-refractivity contribution in [2.45, 2.75) is 53.5 Å². The maximum absolute atomic E-state index is 12.5. The van der Waals surface area contributed by atoms with Crippen LogP contribution in [-0.2, 0) is 17.8 Å². The number of allylic oxidation sites excluding steroid dienone is 1. The van der Waals surface area contributed by atoms with E-state index >= 15 is 0 Å². The normalized spacial score (nSPS) is 21.9. The largest absolute Gasteiger partial charge is 0.342 e. The second-order valence-corrected chi connectivity index (χ2v) is 6.86. The number of hydrogen-bond donors (Lipinski definition) is 0. The van der Waals surface area contributed by atoms with Crippen LogP contribution in [0.15, 0.2) is 12.7 Å². The summed E-state index contributed by atoms with van der Waals surface area (Å²) in [5.41, 5.74) is 3.41. The van der Waals surface area contributed by atoms with Crippen LogP contribution in [0.4, 0.5) is 0 Å². The second-order valence-electron chi connectivity index (χ2n) is 6.86. The number of nitrogens with zero attached hydrogens (tertiary/aromatic N) is 3. The first-order chi connectivity index (χ1) is 10.4. The molecule has 0 saturated carbocycles. The van der Waals surface area contributed by atoms with Gasteiger partial charge in [0.25, 0.3) is 0 Å². The summed E-state index contributed by atoms with van der Waals surface area (Å²) >= 11 is 0. The van der Waals surface area contributed by atoms with E-state index in [1.807, 2.05) is 17.7 Å². The minimum Gasteiger partial charge on any atom is -0.342 e. The van der Waals surface area contributed by atoms with E-state index in [0.29, 0.717) is 18.3 Å². The van der Waals surface area contributed by atoms with Gasteiger partial charge in [0.05, 0.1) is 12.2 Å². The maximum Gasteiger partial charge on any atom is 0.222 e. The van der Waals surface area contributed by atoms with Crippen LogP contribution in [0.1, 0.15) is 43.6 Å². The third-order valence-corrected chi connectivity index (χ3v) is 4.64. The Kier molecular flexibility index (Phi) is 5.43. The van der Waals surface area contributed by atoms with Crippen LogP contribution < -0.4 is 0 Å². The highest BCUT2D eigenvalue weighted by Crippen LogP contribution is 2.22. The molecular weight excluding hydrogens is 274 g/mol. The Balaban J connectivity index is 1.98. The van der Waals surface area contributed by atoms with Gasteiger partial charge in [-0.2, -0.15) is 5.10 Å². The molecule has 1 fully saturated rings. The summed E-state index contributed by atoms with van der Waals surface area (Å²) in [6, 6.07) is 0. The number of likely N-dealkylation sites (tertiary alicyclic amines) is 1. The fraction of sp³-hybridized carbons (Fsp3) is 0.667. The van der Waals surface area contributed by atoms with Crippen LogP contribution in [0.2, 0.25) is 0 Å². The van der Waals surface area contributed by atoms with Crippen LogP contribution in [0.5, 0.6) is 0 Å². The molecule has 0 bridgehead atoms. The minimum atomic E-state index is 0.286. The number of hydrogen-bond acceptors (Lipinski definition) is 2. The molecule has 1 aromatic rings. The van der Waals surface area contributed by atoms with Crippen molar-refractivity contribution in [3.8, 4) is 0 Å². The minimum absolute atomic E-state index is 0.286. The van der Waals surface area contributed by atoms with E-state index < -0.39 is 0 Å². The molecule has 0 aromatic carbocycles. The van der Waals surface area contributed by atoms with E-state index in [0.717, 1.165) is 37.4 Å². The van der Waals surface area contributed by atoms with Crippen molar-refractivity contribution < 1.29 is 4.79 Å². The van der Waals surface area contributed by atoms with E-state index in [9.17, 15) is 4.79 Å². The molecule has 0 N–H and O–H groups in total. The summed E-state index contributed by atoms with van der Waals surface area (Å²) in [6.07, 6.45) is 4.45. The van der Waals surface area contributed by atoms with Gasteiger partial charge in [-0.1, -0.05) is 19.9 Å². The molecule has 4 heteroatoms. The lowest BCUT2D eigenvalue weighted by Crippen LogP contribution is -2.42. The van der Waals surface area contributed by atoms with Crippen molar-refractivity contribution in [2.75, 3.05) is 13.1 Å². The van der Waals surface area contributed by atoms with Gasteiger partial charge in [-0.3, -0.25) is 9.48 Å². The van der Waals surface area contributed by atoms with Crippen molar-refractivity contribution in [2.24, 2.45) is 11.8 Å². The fourth-order valence-electron chi connectivity index (χ4n) is 3.65. The molecule has 0 radical (unpaired) electrons. The molecule has 0 aliphatic carbocycles. The number of rotatable bonds is 5. The summed E-state index contributed by atoms with van der Waals surface area (Å²) in [5, 5.41) is 4.53. The summed E-state index contributed by atoms with van der Waals surface area (Å²) in [6.45, 7) is 14.9. The lowest BCUT2D eigenvalue weighted by Gasteiger charge is -2.35. The van der Waals surface area contributed by atoms with Gasteiger partial charge in [-0.05, 0) is 44.1 Å². The average molecular weight is 303 g/mol. The van der Waals surface area contributed by atoms with Crippen LogP contribution in [0.3, 0.4) is 0 Å². The van der Waals surface area contributed by atoms with E-state index in [4.69, 9.17) is 0 Å². The Morgan fingerprint density at radius 2 is 1.95 bits per heavy atom. The zero-order valence-electron chi connectivity index (χ0n) is 14.4. The van der Waals surface area contributed by atoms with Gasteiger partial charge in [0.1, 0.15) is 0 Å². The fourth-order valence-corrected chi connectivity index (χ4v) is 3.65. The number of amides is 1. The van der Waals surface area contributed by atoms with E-state index in [1.165, 1.54) is 12.0 Å². The lowest BCUT2D eigenvalue weighted by molar-refractivity contribution is -0.133. The first-order valence-corrected chi connectivity index (χ1v) is 8.33. The summed E-state index contributed by atoms with van der Waals surface area (Å²) in [7, 11) is 0. The molecule has 4 nitrogen and oxygen atoms in total. The molecule has 2 heterocycles. The second kappa shape index (κ2) is 7.12. The molecule has 1 saturated heterocycles. The van der Waals surface area contributed by atoms with Gasteiger partial charge in [-0.15, -0.1) is 6.58 Å². The van der Waals surface area contributed by atoms with Crippen LogP contribution in [-0.4, -0.2) is 33.7 Å². The van der Waals surface area contributed by atoms with Crippen molar-refractivity contribution in [3.05, 3.63) is 29.6 Å². The smallest absolute Gasteiger partial charge is 0.222 e. The molecule has 1 aromatic heterocycles. The molecule has 0 unspecified atom stereocenters. The molecule has 2 rings (SSSR count). The Hall–Kier alpha value is -1.58. The maximum atomic E-state index is 12.5. The molecule has 1 aliphatic rings. The summed E-state index contributed by atoms with van der Waals surface area (Å²) < 4.78 is 1.97. The van der Waals surface area contributed by atoms with Crippen molar-refractivity contribution in [3.63, 3.8) is 0 Å². The summed E-state index contributed by atoms with van der Waals surface area (Å²) in [5.74, 6) is 1.52. The Bertz CT molecular complexity index is 537. The Labute approximate surface area is 134 Å². The predicted molar refractivity (Wildman–Crippen MR) is 89.7 cm³/mol. The molecule has 22 heavy (non-hydrogen) atoms. The molecular formula is C18H29N3O.